The second kappa shape index (κ2) is 8.24. The van der Waals surface area contributed by atoms with Gasteiger partial charge in [-0.15, -0.1) is 18.2 Å². The summed E-state index contributed by atoms with van der Waals surface area (Å²) in [6, 6.07) is 13.8. The smallest absolute Gasteiger partial charge is 0.127 e. The molecule has 0 spiro atoms. The van der Waals surface area contributed by atoms with Crippen LogP contribution in [-0.2, 0) is 20.1 Å². The summed E-state index contributed by atoms with van der Waals surface area (Å²) in [6.45, 7) is 10.9. The van der Waals surface area contributed by atoms with Gasteiger partial charge < -0.3 is 0 Å². The van der Waals surface area contributed by atoms with E-state index in [1.807, 2.05) is 23.7 Å². The molecule has 4 rings (SSSR count). The predicted octanol–water partition coefficient (Wildman–Crippen LogP) is 5.90. The van der Waals surface area contributed by atoms with Gasteiger partial charge in [0.1, 0.15) is 6.33 Å². The van der Waals surface area contributed by atoms with Crippen molar-refractivity contribution in [2.24, 2.45) is 0 Å². The number of thiazole rings is 1. The van der Waals surface area contributed by atoms with Gasteiger partial charge in [0.25, 0.3) is 0 Å². The fourth-order valence-corrected chi connectivity index (χ4v) is 4.41. The number of nitrogens with zero attached hydrogens (tertiary/aromatic N) is 4. The molecule has 0 N–H and O–H groups in total. The number of benzene rings is 2. The molecule has 4 nitrogen and oxygen atoms in total. The van der Waals surface area contributed by atoms with E-state index in [-0.39, 0.29) is 20.1 Å². The fourth-order valence-electron chi connectivity index (χ4n) is 3.50. The second-order valence-electron chi connectivity index (χ2n) is 7.39. The number of para-hydroxylation sites is 1. The third-order valence-electron chi connectivity index (χ3n) is 4.78. The summed E-state index contributed by atoms with van der Waals surface area (Å²) in [6.07, 6.45) is 1.64. The summed E-state index contributed by atoms with van der Waals surface area (Å²) in [5, 5.41) is 5.68. The van der Waals surface area contributed by atoms with Crippen LogP contribution < -0.4 is 0 Å². The van der Waals surface area contributed by atoms with Crippen molar-refractivity contribution in [1.82, 2.24) is 19.7 Å². The number of rotatable bonds is 4. The van der Waals surface area contributed by atoms with E-state index in [4.69, 9.17) is 0 Å². The Morgan fingerprint density at radius 3 is 2.36 bits per heavy atom. The Hall–Kier alpha value is -1.88. The molecule has 0 atom stereocenters. The Kier molecular flexibility index (Phi) is 6.13. The molecule has 0 unspecified atom stereocenters. The number of hydrogen-bond acceptors (Lipinski definition) is 4. The Balaban J connectivity index is 0.00000225. The quantitative estimate of drug-likeness (QED) is 0.289. The van der Waals surface area contributed by atoms with Gasteiger partial charge in [-0.25, -0.2) is 0 Å². The summed E-state index contributed by atoms with van der Waals surface area (Å²) >= 11 is 1.68. The van der Waals surface area contributed by atoms with Crippen LogP contribution in [0, 0.1) is 13.0 Å². The maximum atomic E-state index is 4.63. The minimum atomic E-state index is 0. The van der Waals surface area contributed by atoms with E-state index in [0.29, 0.717) is 11.8 Å². The molecular weight excluding hydrogens is 545 g/mol. The van der Waals surface area contributed by atoms with E-state index in [1.165, 1.54) is 11.1 Å². The van der Waals surface area contributed by atoms with Crippen molar-refractivity contribution in [2.45, 2.75) is 46.5 Å². The van der Waals surface area contributed by atoms with Gasteiger partial charge in [0.15, 0.2) is 0 Å². The molecule has 2 aromatic heterocycles. The van der Waals surface area contributed by atoms with Gasteiger partial charge in [-0.2, -0.15) is 16.4 Å². The molecule has 0 amide bonds. The Morgan fingerprint density at radius 2 is 1.71 bits per heavy atom. The summed E-state index contributed by atoms with van der Waals surface area (Å²) in [7, 11) is 0. The summed E-state index contributed by atoms with van der Waals surface area (Å²) < 4.78 is 3.10. The summed E-state index contributed by atoms with van der Waals surface area (Å²) in [5.74, 6) is 1.60. The maximum absolute atomic E-state index is 4.63. The normalized spacial score (nSPS) is 11.4. The minimum Gasteiger partial charge on any atom is -0.264 e. The molecule has 1 radical (unpaired) electrons. The molecule has 6 heteroatoms. The average molecular weight is 568 g/mol. The number of fused-ring (bicyclic) bond motifs is 1. The van der Waals surface area contributed by atoms with Crippen LogP contribution in [0.2, 0.25) is 0 Å². The van der Waals surface area contributed by atoms with Gasteiger partial charge in [-0.3, -0.25) is 14.6 Å². The fraction of sp³-hybridized carbons (Fsp3) is 0.318. The van der Waals surface area contributed by atoms with Crippen molar-refractivity contribution in [3.63, 3.8) is 0 Å². The molecule has 28 heavy (non-hydrogen) atoms. The van der Waals surface area contributed by atoms with E-state index < -0.39 is 0 Å². The zero-order valence-corrected chi connectivity index (χ0v) is 19.9. The second-order valence-corrected chi connectivity index (χ2v) is 8.59. The van der Waals surface area contributed by atoms with Crippen molar-refractivity contribution in [3.05, 3.63) is 58.9 Å². The molecule has 147 valence electrons. The predicted molar refractivity (Wildman–Crippen MR) is 112 cm³/mol. The van der Waals surface area contributed by atoms with Crippen molar-refractivity contribution in [3.8, 4) is 17.1 Å². The molecule has 0 fully saturated rings. The molecule has 0 bridgehead atoms. The van der Waals surface area contributed by atoms with Gasteiger partial charge in [0, 0.05) is 20.1 Å². The van der Waals surface area contributed by atoms with Gasteiger partial charge in [-0.05, 0) is 40.1 Å². The van der Waals surface area contributed by atoms with Crippen LogP contribution in [0.3, 0.4) is 0 Å². The number of aryl methyl sites for hydroxylation is 1. The van der Waals surface area contributed by atoms with E-state index in [2.05, 4.69) is 67.0 Å². The van der Waals surface area contributed by atoms with Crippen molar-refractivity contribution < 1.29 is 20.1 Å². The van der Waals surface area contributed by atoms with E-state index in [9.17, 15) is 0 Å². The molecule has 0 saturated carbocycles. The van der Waals surface area contributed by atoms with E-state index in [1.54, 1.807) is 17.7 Å². The van der Waals surface area contributed by atoms with Crippen LogP contribution in [0.25, 0.3) is 27.3 Å². The van der Waals surface area contributed by atoms with Crippen molar-refractivity contribution in [1.29, 1.82) is 0 Å². The van der Waals surface area contributed by atoms with Crippen LogP contribution in [-0.4, -0.2) is 19.7 Å². The average Bonchev–Trinajstić information content (AvgIpc) is 3.25. The van der Waals surface area contributed by atoms with Gasteiger partial charge in [-0.1, -0.05) is 51.5 Å². The van der Waals surface area contributed by atoms with Gasteiger partial charge >= 0.3 is 0 Å². The van der Waals surface area contributed by atoms with Gasteiger partial charge in [0.2, 0.25) is 0 Å². The zero-order valence-electron chi connectivity index (χ0n) is 16.6. The van der Waals surface area contributed by atoms with Crippen molar-refractivity contribution >= 4 is 21.6 Å². The van der Waals surface area contributed by atoms with E-state index in [0.717, 1.165) is 32.3 Å². The molecule has 2 aromatic carbocycles. The first-order chi connectivity index (χ1) is 13.0. The Labute approximate surface area is 183 Å². The van der Waals surface area contributed by atoms with E-state index >= 15 is 0 Å². The SMILES string of the molecule is Cc1nc2cc[c-]c(-c3ncnn3-c3c(C(C)C)cccc3C(C)C)c2s1.[Ir]. The maximum Gasteiger partial charge on any atom is 0.127 e. The third-order valence-corrected chi connectivity index (χ3v) is 5.79. The molecule has 2 heterocycles. The first-order valence-electron chi connectivity index (χ1n) is 9.28. The van der Waals surface area contributed by atoms with Crippen LogP contribution >= 0.6 is 11.3 Å². The monoisotopic (exact) mass is 568 g/mol. The third kappa shape index (κ3) is 3.57. The standard InChI is InChI=1S/C22H23N4S.Ir/c1-13(2)16-8-6-9-17(14(3)4)20(16)26-22(23-12-24-26)18-10-7-11-19-21(18)27-15(5)25-19;/h6-9,11-14H,1-5H3;/q-1;. The summed E-state index contributed by atoms with van der Waals surface area (Å²) in [4.78, 5) is 9.24. The van der Waals surface area contributed by atoms with Crippen LogP contribution in [0.1, 0.15) is 55.7 Å². The topological polar surface area (TPSA) is 43.6 Å². The zero-order chi connectivity index (χ0) is 19.1. The molecule has 0 saturated heterocycles. The molecular formula is C22H23IrN4S-. The van der Waals surface area contributed by atoms with Crippen LogP contribution in [0.4, 0.5) is 0 Å². The minimum absolute atomic E-state index is 0. The molecule has 4 aromatic rings. The summed E-state index contributed by atoms with van der Waals surface area (Å²) in [5.41, 5.74) is 5.65. The Bertz CT molecular complexity index is 1080. The Morgan fingerprint density at radius 1 is 1.04 bits per heavy atom. The molecule has 0 aliphatic rings. The molecule has 0 aliphatic heterocycles. The van der Waals surface area contributed by atoms with Gasteiger partial charge in [0.05, 0.1) is 16.5 Å². The van der Waals surface area contributed by atoms with Crippen LogP contribution in [0.5, 0.6) is 0 Å². The largest absolute Gasteiger partial charge is 0.264 e. The number of aromatic nitrogens is 4. The number of hydrogen-bond donors (Lipinski definition) is 0. The first-order valence-corrected chi connectivity index (χ1v) is 10.1. The van der Waals surface area contributed by atoms with Crippen LogP contribution in [0.15, 0.2) is 36.7 Å². The van der Waals surface area contributed by atoms with Crippen molar-refractivity contribution in [2.75, 3.05) is 0 Å². The first kappa shape index (κ1) is 20.8. The molecule has 0 aliphatic carbocycles.